The Labute approximate surface area is 168 Å². The van der Waals surface area contributed by atoms with E-state index in [1.54, 1.807) is 18.2 Å². The first-order valence-corrected chi connectivity index (χ1v) is 10.6. The molecule has 1 atom stereocenters. The van der Waals surface area contributed by atoms with Gasteiger partial charge in [-0.1, -0.05) is 35.3 Å². The second kappa shape index (κ2) is 8.06. The minimum atomic E-state index is -3.80. The van der Waals surface area contributed by atoms with Gasteiger partial charge in [0.15, 0.2) is 0 Å². The second-order valence-corrected chi connectivity index (χ2v) is 8.91. The predicted octanol–water partition coefficient (Wildman–Crippen LogP) is 3.24. The molecule has 1 aliphatic heterocycles. The standard InChI is InChI=1S/C18H19Cl2N3O3S/c19-15-7-6-14(10-16(15)20)27(25,26)22-13-4-1-3-12(9-13)11-23-8-2-5-17(23)18(21)24/h1,3-4,6-7,9-10,17,22H,2,5,8,11H2,(H2,21,24). The summed E-state index contributed by atoms with van der Waals surface area (Å²) >= 11 is 11.8. The molecule has 9 heteroatoms. The molecule has 1 saturated heterocycles. The molecule has 1 amide bonds. The summed E-state index contributed by atoms with van der Waals surface area (Å²) in [6, 6.07) is 10.9. The number of anilines is 1. The molecule has 2 aromatic carbocycles. The van der Waals surface area contributed by atoms with Crippen LogP contribution in [0.15, 0.2) is 47.4 Å². The van der Waals surface area contributed by atoms with E-state index in [0.717, 1.165) is 24.9 Å². The molecule has 2 aromatic rings. The molecule has 0 radical (unpaired) electrons. The van der Waals surface area contributed by atoms with Crippen molar-refractivity contribution in [3.63, 3.8) is 0 Å². The highest BCUT2D eigenvalue weighted by Gasteiger charge is 2.28. The molecule has 6 nitrogen and oxygen atoms in total. The summed E-state index contributed by atoms with van der Waals surface area (Å²) in [5.41, 5.74) is 6.76. The van der Waals surface area contributed by atoms with Crippen LogP contribution in [0.4, 0.5) is 5.69 Å². The van der Waals surface area contributed by atoms with Crippen LogP contribution in [-0.4, -0.2) is 31.8 Å². The average molecular weight is 428 g/mol. The summed E-state index contributed by atoms with van der Waals surface area (Å²) < 4.78 is 27.7. The van der Waals surface area contributed by atoms with Crippen LogP contribution in [0, 0.1) is 0 Å². The molecule has 0 aliphatic carbocycles. The van der Waals surface area contributed by atoms with E-state index in [2.05, 4.69) is 4.72 Å². The number of carbonyl (C=O) groups excluding carboxylic acids is 1. The zero-order valence-corrected chi connectivity index (χ0v) is 16.7. The maximum absolute atomic E-state index is 12.6. The molecule has 0 aromatic heterocycles. The van der Waals surface area contributed by atoms with Crippen LogP contribution in [-0.2, 0) is 21.4 Å². The van der Waals surface area contributed by atoms with Crippen molar-refractivity contribution in [3.8, 4) is 0 Å². The topological polar surface area (TPSA) is 92.5 Å². The second-order valence-electron chi connectivity index (χ2n) is 6.41. The summed E-state index contributed by atoms with van der Waals surface area (Å²) in [5, 5.41) is 0.451. The Kier molecular flexibility index (Phi) is 5.95. The van der Waals surface area contributed by atoms with E-state index < -0.39 is 10.0 Å². The van der Waals surface area contributed by atoms with Crippen LogP contribution < -0.4 is 10.5 Å². The third-order valence-corrected chi connectivity index (χ3v) is 6.58. The zero-order valence-electron chi connectivity index (χ0n) is 14.4. The summed E-state index contributed by atoms with van der Waals surface area (Å²) in [7, 11) is -3.80. The highest BCUT2D eigenvalue weighted by atomic mass is 35.5. The first-order valence-electron chi connectivity index (χ1n) is 8.36. The number of nitrogens with zero attached hydrogens (tertiary/aromatic N) is 1. The van der Waals surface area contributed by atoms with Crippen molar-refractivity contribution in [3.05, 3.63) is 58.1 Å². The van der Waals surface area contributed by atoms with Crippen LogP contribution in [0.3, 0.4) is 0 Å². The Morgan fingerprint density at radius 3 is 2.67 bits per heavy atom. The van der Waals surface area contributed by atoms with Gasteiger partial charge < -0.3 is 5.73 Å². The van der Waals surface area contributed by atoms with Crippen LogP contribution in [0.2, 0.25) is 10.0 Å². The van der Waals surface area contributed by atoms with Crippen molar-refractivity contribution in [1.29, 1.82) is 0 Å². The van der Waals surface area contributed by atoms with Gasteiger partial charge in [-0.2, -0.15) is 0 Å². The Morgan fingerprint density at radius 2 is 1.96 bits per heavy atom. The first-order chi connectivity index (χ1) is 12.8. The molecule has 0 saturated carbocycles. The average Bonchev–Trinajstić information content (AvgIpc) is 3.05. The monoisotopic (exact) mass is 427 g/mol. The van der Waals surface area contributed by atoms with E-state index in [-0.39, 0.29) is 26.9 Å². The quantitative estimate of drug-likeness (QED) is 0.739. The number of hydrogen-bond acceptors (Lipinski definition) is 4. The van der Waals surface area contributed by atoms with Crippen molar-refractivity contribution in [2.24, 2.45) is 5.73 Å². The van der Waals surface area contributed by atoms with E-state index in [9.17, 15) is 13.2 Å². The van der Waals surface area contributed by atoms with Gasteiger partial charge in [-0.05, 0) is 55.3 Å². The van der Waals surface area contributed by atoms with E-state index in [0.29, 0.717) is 12.2 Å². The largest absolute Gasteiger partial charge is 0.368 e. The minimum Gasteiger partial charge on any atom is -0.368 e. The summed E-state index contributed by atoms with van der Waals surface area (Å²) in [4.78, 5) is 13.6. The molecule has 1 aliphatic rings. The third kappa shape index (κ3) is 4.73. The van der Waals surface area contributed by atoms with Crippen LogP contribution in [0.25, 0.3) is 0 Å². The number of likely N-dealkylation sites (tertiary alicyclic amines) is 1. The molecule has 144 valence electrons. The number of nitrogens with one attached hydrogen (secondary N) is 1. The van der Waals surface area contributed by atoms with E-state index in [4.69, 9.17) is 28.9 Å². The number of amides is 1. The molecule has 1 fully saturated rings. The van der Waals surface area contributed by atoms with E-state index in [1.807, 2.05) is 11.0 Å². The molecule has 1 unspecified atom stereocenters. The highest BCUT2D eigenvalue weighted by molar-refractivity contribution is 7.92. The van der Waals surface area contributed by atoms with Gasteiger partial charge in [-0.3, -0.25) is 14.4 Å². The molecule has 0 spiro atoms. The van der Waals surface area contributed by atoms with E-state index in [1.165, 1.54) is 18.2 Å². The maximum Gasteiger partial charge on any atom is 0.261 e. The Morgan fingerprint density at radius 1 is 1.19 bits per heavy atom. The molecule has 1 heterocycles. The fourth-order valence-corrected chi connectivity index (χ4v) is 4.60. The van der Waals surface area contributed by atoms with Gasteiger partial charge in [0.2, 0.25) is 5.91 Å². The van der Waals surface area contributed by atoms with Crippen LogP contribution in [0.5, 0.6) is 0 Å². The number of sulfonamides is 1. The Bertz CT molecular complexity index is 966. The van der Waals surface area contributed by atoms with Gasteiger partial charge in [0.25, 0.3) is 10.0 Å². The van der Waals surface area contributed by atoms with Gasteiger partial charge in [-0.25, -0.2) is 8.42 Å². The van der Waals surface area contributed by atoms with Gasteiger partial charge in [0.05, 0.1) is 21.0 Å². The van der Waals surface area contributed by atoms with Crippen LogP contribution >= 0.6 is 23.2 Å². The lowest BCUT2D eigenvalue weighted by molar-refractivity contribution is -0.122. The molecular weight excluding hydrogens is 409 g/mol. The lowest BCUT2D eigenvalue weighted by Crippen LogP contribution is -2.39. The minimum absolute atomic E-state index is 0.0237. The summed E-state index contributed by atoms with van der Waals surface area (Å²) in [6.07, 6.45) is 1.66. The van der Waals surface area contributed by atoms with Gasteiger partial charge in [-0.15, -0.1) is 0 Å². The lowest BCUT2D eigenvalue weighted by atomic mass is 10.1. The number of benzene rings is 2. The summed E-state index contributed by atoms with van der Waals surface area (Å²) in [6.45, 7) is 1.31. The normalized spacial score (nSPS) is 17.8. The smallest absolute Gasteiger partial charge is 0.261 e. The predicted molar refractivity (Wildman–Crippen MR) is 106 cm³/mol. The number of halogens is 2. The maximum atomic E-state index is 12.6. The Balaban J connectivity index is 1.77. The molecule has 3 N–H and O–H groups in total. The fourth-order valence-electron chi connectivity index (χ4n) is 3.16. The van der Waals surface area contributed by atoms with E-state index >= 15 is 0 Å². The van der Waals surface area contributed by atoms with Gasteiger partial charge >= 0.3 is 0 Å². The Hall–Kier alpha value is -1.80. The van der Waals surface area contributed by atoms with Crippen molar-refractivity contribution < 1.29 is 13.2 Å². The third-order valence-electron chi connectivity index (χ3n) is 4.46. The molecule has 3 rings (SSSR count). The van der Waals surface area contributed by atoms with Gasteiger partial charge in [0.1, 0.15) is 0 Å². The lowest BCUT2D eigenvalue weighted by Gasteiger charge is -2.22. The fraction of sp³-hybridized carbons (Fsp3) is 0.278. The number of nitrogens with two attached hydrogens (primary N) is 1. The number of hydrogen-bond donors (Lipinski definition) is 2. The van der Waals surface area contributed by atoms with Crippen molar-refractivity contribution in [2.45, 2.75) is 30.3 Å². The van der Waals surface area contributed by atoms with Crippen molar-refractivity contribution in [2.75, 3.05) is 11.3 Å². The SMILES string of the molecule is NC(=O)C1CCCN1Cc1cccc(NS(=O)(=O)c2ccc(Cl)c(Cl)c2)c1. The number of primary amides is 1. The first kappa shape index (κ1) is 19.9. The van der Waals surface area contributed by atoms with Crippen LogP contribution in [0.1, 0.15) is 18.4 Å². The zero-order chi connectivity index (χ0) is 19.6. The molecule has 0 bridgehead atoms. The van der Waals surface area contributed by atoms with Crippen molar-refractivity contribution in [1.82, 2.24) is 4.90 Å². The summed E-state index contributed by atoms with van der Waals surface area (Å²) in [5.74, 6) is -0.330. The number of carbonyl (C=O) groups is 1. The molecule has 27 heavy (non-hydrogen) atoms. The van der Waals surface area contributed by atoms with Gasteiger partial charge in [0, 0.05) is 12.2 Å². The number of rotatable bonds is 6. The highest BCUT2D eigenvalue weighted by Crippen LogP contribution is 2.26. The molecular formula is C18H19Cl2N3O3S. The van der Waals surface area contributed by atoms with Crippen molar-refractivity contribution >= 4 is 44.8 Å².